The largest absolute Gasteiger partial charge is 0.497 e. The van der Waals surface area contributed by atoms with Gasteiger partial charge >= 0.3 is 5.97 Å². The Balaban J connectivity index is 2.15. The first-order chi connectivity index (χ1) is 8.72. The number of methoxy groups -OCH3 is 2. The first-order valence-corrected chi connectivity index (χ1v) is 5.38. The molecule has 5 nitrogen and oxygen atoms in total. The quantitative estimate of drug-likeness (QED) is 0.774. The van der Waals surface area contributed by atoms with Crippen LogP contribution in [0.3, 0.4) is 0 Å². The van der Waals surface area contributed by atoms with Gasteiger partial charge in [-0.05, 0) is 24.3 Å². The molecule has 2 rings (SSSR count). The van der Waals surface area contributed by atoms with E-state index in [0.717, 1.165) is 11.3 Å². The minimum absolute atomic E-state index is 0.0344. The molecule has 0 aliphatic rings. The first-order valence-electron chi connectivity index (χ1n) is 5.38. The molecule has 1 heterocycles. The van der Waals surface area contributed by atoms with Crippen LogP contribution >= 0.6 is 0 Å². The predicted octanol–water partition coefficient (Wildman–Crippen LogP) is 2.07. The van der Waals surface area contributed by atoms with Crippen molar-refractivity contribution < 1.29 is 18.7 Å². The average Bonchev–Trinajstić information content (AvgIpc) is 2.87. The summed E-state index contributed by atoms with van der Waals surface area (Å²) in [7, 11) is 2.94. The minimum Gasteiger partial charge on any atom is -0.497 e. The zero-order valence-corrected chi connectivity index (χ0v) is 10.2. The van der Waals surface area contributed by atoms with Crippen LogP contribution in [0.5, 0.6) is 5.75 Å². The fraction of sp³-hybridized carbons (Fsp3) is 0.231. The third kappa shape index (κ3) is 2.68. The fourth-order valence-electron chi connectivity index (χ4n) is 1.48. The van der Waals surface area contributed by atoms with E-state index in [-0.39, 0.29) is 12.4 Å². The SMILES string of the molecule is COC(=O)Cc1nc(-c2ccc(OC)cc2)co1. The molecule has 0 N–H and O–H groups in total. The van der Waals surface area contributed by atoms with Gasteiger partial charge < -0.3 is 13.9 Å². The van der Waals surface area contributed by atoms with E-state index in [4.69, 9.17) is 9.15 Å². The number of carbonyl (C=O) groups is 1. The van der Waals surface area contributed by atoms with Crippen molar-refractivity contribution >= 4 is 5.97 Å². The van der Waals surface area contributed by atoms with Crippen LogP contribution in [0, 0.1) is 0 Å². The monoisotopic (exact) mass is 247 g/mol. The van der Waals surface area contributed by atoms with Crippen molar-refractivity contribution in [2.24, 2.45) is 0 Å². The van der Waals surface area contributed by atoms with E-state index < -0.39 is 0 Å². The zero-order chi connectivity index (χ0) is 13.0. The van der Waals surface area contributed by atoms with Crippen LogP contribution in [0.15, 0.2) is 34.9 Å². The number of aromatic nitrogens is 1. The van der Waals surface area contributed by atoms with E-state index in [1.165, 1.54) is 13.4 Å². The Morgan fingerprint density at radius 2 is 2.00 bits per heavy atom. The fourth-order valence-corrected chi connectivity index (χ4v) is 1.48. The topological polar surface area (TPSA) is 61.6 Å². The smallest absolute Gasteiger partial charge is 0.314 e. The molecule has 0 amide bonds. The molecule has 0 unspecified atom stereocenters. The van der Waals surface area contributed by atoms with Crippen LogP contribution in [0.25, 0.3) is 11.3 Å². The Morgan fingerprint density at radius 1 is 1.28 bits per heavy atom. The van der Waals surface area contributed by atoms with Gasteiger partial charge in [-0.15, -0.1) is 0 Å². The molecule has 0 saturated carbocycles. The molecule has 18 heavy (non-hydrogen) atoms. The maximum absolute atomic E-state index is 11.1. The molecule has 0 fully saturated rings. The summed E-state index contributed by atoms with van der Waals surface area (Å²) in [6.45, 7) is 0. The van der Waals surface area contributed by atoms with Crippen molar-refractivity contribution in [3.05, 3.63) is 36.4 Å². The molecule has 0 saturated heterocycles. The van der Waals surface area contributed by atoms with Gasteiger partial charge in [0.1, 0.15) is 24.1 Å². The summed E-state index contributed by atoms with van der Waals surface area (Å²) in [5.74, 6) is 0.739. The van der Waals surface area contributed by atoms with Gasteiger partial charge in [0.05, 0.1) is 14.2 Å². The lowest BCUT2D eigenvalue weighted by atomic mass is 10.2. The van der Waals surface area contributed by atoms with Gasteiger partial charge in [-0.25, -0.2) is 4.98 Å². The van der Waals surface area contributed by atoms with E-state index >= 15 is 0 Å². The molecule has 0 aliphatic heterocycles. The van der Waals surface area contributed by atoms with E-state index in [2.05, 4.69) is 9.72 Å². The van der Waals surface area contributed by atoms with Crippen LogP contribution in [0.1, 0.15) is 5.89 Å². The molecule has 94 valence electrons. The Labute approximate surface area is 104 Å². The van der Waals surface area contributed by atoms with Crippen molar-refractivity contribution in [1.29, 1.82) is 0 Å². The highest BCUT2D eigenvalue weighted by Crippen LogP contribution is 2.21. The molecule has 1 aromatic heterocycles. The zero-order valence-electron chi connectivity index (χ0n) is 10.2. The maximum Gasteiger partial charge on any atom is 0.314 e. The molecule has 1 aromatic carbocycles. The molecule has 0 radical (unpaired) electrons. The van der Waals surface area contributed by atoms with Crippen molar-refractivity contribution in [2.75, 3.05) is 14.2 Å². The Hall–Kier alpha value is -2.30. The molecule has 0 bridgehead atoms. The van der Waals surface area contributed by atoms with Crippen LogP contribution in [-0.4, -0.2) is 25.2 Å². The van der Waals surface area contributed by atoms with Crippen molar-refractivity contribution in [3.63, 3.8) is 0 Å². The van der Waals surface area contributed by atoms with Crippen molar-refractivity contribution in [2.45, 2.75) is 6.42 Å². The number of rotatable bonds is 4. The highest BCUT2D eigenvalue weighted by molar-refractivity contribution is 5.71. The van der Waals surface area contributed by atoms with E-state index in [1.807, 2.05) is 24.3 Å². The highest BCUT2D eigenvalue weighted by atomic mass is 16.5. The third-order valence-electron chi connectivity index (χ3n) is 2.46. The molecular formula is C13H13NO4. The molecule has 0 aliphatic carbocycles. The number of benzene rings is 1. The van der Waals surface area contributed by atoms with Gasteiger partial charge in [-0.3, -0.25) is 4.79 Å². The summed E-state index contributed by atoms with van der Waals surface area (Å²) in [6.07, 6.45) is 1.55. The standard InChI is InChI=1S/C13H13NO4/c1-16-10-5-3-9(4-6-10)11-8-18-12(14-11)7-13(15)17-2/h3-6,8H,7H2,1-2H3. The first kappa shape index (κ1) is 12.2. The Kier molecular flexibility index (Phi) is 3.62. The lowest BCUT2D eigenvalue weighted by Crippen LogP contribution is -2.04. The summed E-state index contributed by atoms with van der Waals surface area (Å²) in [5.41, 5.74) is 1.58. The second-order valence-corrected chi connectivity index (χ2v) is 3.61. The summed E-state index contributed by atoms with van der Waals surface area (Å²) >= 11 is 0. The van der Waals surface area contributed by atoms with E-state index in [9.17, 15) is 4.79 Å². The van der Waals surface area contributed by atoms with Gasteiger partial charge in [-0.2, -0.15) is 0 Å². The molecule has 0 atom stereocenters. The third-order valence-corrected chi connectivity index (χ3v) is 2.46. The molecule has 5 heteroatoms. The van der Waals surface area contributed by atoms with Crippen LogP contribution < -0.4 is 4.74 Å². The van der Waals surface area contributed by atoms with Gasteiger partial charge in [0, 0.05) is 5.56 Å². The lowest BCUT2D eigenvalue weighted by molar-refractivity contribution is -0.140. The van der Waals surface area contributed by atoms with Gasteiger partial charge in [-0.1, -0.05) is 0 Å². The summed E-state index contributed by atoms with van der Waals surface area (Å²) in [4.78, 5) is 15.3. The number of carbonyl (C=O) groups excluding carboxylic acids is 1. The van der Waals surface area contributed by atoms with Gasteiger partial charge in [0.25, 0.3) is 0 Å². The van der Waals surface area contributed by atoms with Crippen LogP contribution in [0.2, 0.25) is 0 Å². The molecule has 0 spiro atoms. The minimum atomic E-state index is -0.377. The molecule has 2 aromatic rings. The predicted molar refractivity (Wildman–Crippen MR) is 64.2 cm³/mol. The second kappa shape index (κ2) is 5.35. The normalized spacial score (nSPS) is 10.1. The van der Waals surface area contributed by atoms with Crippen LogP contribution in [-0.2, 0) is 16.0 Å². The number of hydrogen-bond donors (Lipinski definition) is 0. The van der Waals surface area contributed by atoms with Crippen molar-refractivity contribution in [3.8, 4) is 17.0 Å². The summed E-state index contributed by atoms with van der Waals surface area (Å²) in [5, 5.41) is 0. The number of nitrogens with zero attached hydrogens (tertiary/aromatic N) is 1. The van der Waals surface area contributed by atoms with Crippen molar-refractivity contribution in [1.82, 2.24) is 4.98 Å². The Morgan fingerprint density at radius 3 is 2.61 bits per heavy atom. The number of hydrogen-bond acceptors (Lipinski definition) is 5. The molecular weight excluding hydrogens is 234 g/mol. The number of oxazole rings is 1. The van der Waals surface area contributed by atoms with Crippen LogP contribution in [0.4, 0.5) is 0 Å². The highest BCUT2D eigenvalue weighted by Gasteiger charge is 2.10. The van der Waals surface area contributed by atoms with Gasteiger partial charge in [0.2, 0.25) is 5.89 Å². The summed E-state index contributed by atoms with van der Waals surface area (Å²) in [6, 6.07) is 7.42. The lowest BCUT2D eigenvalue weighted by Gasteiger charge is -1.99. The van der Waals surface area contributed by atoms with E-state index in [0.29, 0.717) is 11.6 Å². The number of ether oxygens (including phenoxy) is 2. The number of esters is 1. The summed E-state index contributed by atoms with van der Waals surface area (Å²) < 4.78 is 14.8. The second-order valence-electron chi connectivity index (χ2n) is 3.61. The Bertz CT molecular complexity index is 530. The average molecular weight is 247 g/mol. The maximum atomic E-state index is 11.1. The van der Waals surface area contributed by atoms with Gasteiger partial charge in [0.15, 0.2) is 0 Å². The van der Waals surface area contributed by atoms with E-state index in [1.54, 1.807) is 7.11 Å².